The Morgan fingerprint density at radius 2 is 0.615 bits per heavy atom. The van der Waals surface area contributed by atoms with E-state index in [1.807, 2.05) is 182 Å². The molecule has 10 aromatic carbocycles. The van der Waals surface area contributed by atoms with E-state index < -0.39 is 17.9 Å². The first-order valence-electron chi connectivity index (χ1n) is 28.8. The van der Waals surface area contributed by atoms with Crippen molar-refractivity contribution < 1.29 is 62.0 Å². The third kappa shape index (κ3) is 10.5. The summed E-state index contributed by atoms with van der Waals surface area (Å²) < 4.78 is 36.5. The van der Waals surface area contributed by atoms with E-state index in [0.717, 1.165) is 99.2 Å². The molecule has 0 aliphatic carbocycles. The molecule has 0 radical (unpaired) electrons. The zero-order valence-corrected chi connectivity index (χ0v) is 50.0. The van der Waals surface area contributed by atoms with Crippen molar-refractivity contribution in [3.05, 3.63) is 290 Å². The van der Waals surface area contributed by atoms with E-state index in [9.17, 15) is 14.4 Å². The third-order valence-corrected chi connectivity index (χ3v) is 15.9. The minimum Gasteiger partial charge on any atom is -0.455 e. The molecule has 0 saturated carbocycles. The van der Waals surface area contributed by atoms with E-state index in [2.05, 4.69) is 33.2 Å². The number of ether oxygens (including phenoxy) is 3. The normalized spacial score (nSPS) is 11.3. The first-order chi connectivity index (χ1) is 44.3. The van der Waals surface area contributed by atoms with Crippen LogP contribution in [0, 0.1) is 18.2 Å². The van der Waals surface area contributed by atoms with Crippen LogP contribution in [0.3, 0.4) is 0 Å². The van der Waals surface area contributed by atoms with Crippen molar-refractivity contribution in [1.82, 2.24) is 15.0 Å². The molecule has 16 rings (SSSR count). The smallest absolute Gasteiger partial charge is 0.455 e. The van der Waals surface area contributed by atoms with E-state index in [4.69, 9.17) is 27.5 Å². The van der Waals surface area contributed by atoms with E-state index in [-0.39, 0.29) is 54.0 Å². The summed E-state index contributed by atoms with van der Waals surface area (Å²) in [5.41, 5.74) is 13.6. The van der Waals surface area contributed by atoms with Gasteiger partial charge in [0.15, 0.2) is 0 Å². The number of furan rings is 3. The van der Waals surface area contributed by atoms with Crippen LogP contribution in [-0.2, 0) is 20.1 Å². The Morgan fingerprint density at radius 1 is 0.319 bits per heavy atom. The van der Waals surface area contributed by atoms with Gasteiger partial charge in [-0.05, 0) is 71.7 Å². The summed E-state index contributed by atoms with van der Waals surface area (Å²) in [5, 5.41) is 6.13. The molecular weight excluding hydrogens is 1320 g/mol. The van der Waals surface area contributed by atoms with E-state index >= 15 is 0 Å². The molecule has 0 N–H and O–H groups in total. The second-order valence-electron chi connectivity index (χ2n) is 21.4. The van der Waals surface area contributed by atoms with Crippen LogP contribution in [-0.4, -0.2) is 32.9 Å². The van der Waals surface area contributed by atoms with Gasteiger partial charge in [-0.2, -0.15) is 0 Å². The molecule has 6 heterocycles. The predicted molar refractivity (Wildman–Crippen MR) is 345 cm³/mol. The van der Waals surface area contributed by atoms with Gasteiger partial charge in [-0.25, -0.2) is 14.4 Å². The third-order valence-electron chi connectivity index (χ3n) is 15.9. The number of hydrogen-bond acceptors (Lipinski definition) is 12. The molecule has 0 saturated heterocycles. The van der Waals surface area contributed by atoms with E-state index in [1.165, 1.54) is 36.8 Å². The van der Waals surface area contributed by atoms with Crippen LogP contribution in [0.1, 0.15) is 31.1 Å². The number of fused-ring (bicyclic) bond motifs is 9. The van der Waals surface area contributed by atoms with Crippen LogP contribution in [0.5, 0.6) is 17.2 Å². The number of rotatable bonds is 12. The number of para-hydroxylation sites is 6. The summed E-state index contributed by atoms with van der Waals surface area (Å²) in [6.07, 6.45) is 4.25. The van der Waals surface area contributed by atoms with Crippen molar-refractivity contribution in [3.63, 3.8) is 0 Å². The van der Waals surface area contributed by atoms with E-state index in [1.54, 1.807) is 36.4 Å². The fourth-order valence-corrected chi connectivity index (χ4v) is 11.5. The van der Waals surface area contributed by atoms with Crippen molar-refractivity contribution >= 4 is 83.7 Å². The standard InChI is InChI=1S/C78H42N3O9.Ir/c82-76(85-55-31-34-67(79-43-55)49-16-7-13-46(37-49)58-22-10-25-64-61-19-1-4-28-70(61)88-73(58)64)52-40-53(77(83)86-56-32-35-68(80-44-56)50-17-8-14-47(38-50)59-23-11-26-65-62-20-2-5-29-71(62)89-74(59)65)42-54(41-52)78(84)87-57-33-36-69(81-45-57)51-18-9-15-48(39-51)60-24-12-27-66-63-21-3-6-30-72(63)90-75(60)66;/h1-15,19-45H;/q-3;+3. The summed E-state index contributed by atoms with van der Waals surface area (Å²) in [6.45, 7) is 0. The number of carbonyl (C=O) groups is 3. The molecule has 0 unspecified atom stereocenters. The number of pyridine rings is 3. The van der Waals surface area contributed by atoms with Gasteiger partial charge >= 0.3 is 38.0 Å². The maximum atomic E-state index is 14.2. The molecule has 0 spiro atoms. The summed E-state index contributed by atoms with van der Waals surface area (Å²) in [4.78, 5) is 56.5. The summed E-state index contributed by atoms with van der Waals surface area (Å²) in [7, 11) is 0. The van der Waals surface area contributed by atoms with Gasteiger partial charge in [-0.3, -0.25) is 0 Å². The fourth-order valence-electron chi connectivity index (χ4n) is 11.5. The maximum Gasteiger partial charge on any atom is 3.00 e. The van der Waals surface area contributed by atoms with Crippen LogP contribution in [0.4, 0.5) is 0 Å². The Morgan fingerprint density at radius 3 is 0.912 bits per heavy atom. The average Bonchev–Trinajstić information content (AvgIpc) is 1.76. The average molecular weight is 1360 g/mol. The number of esters is 3. The number of aromatic nitrogens is 3. The predicted octanol–water partition coefficient (Wildman–Crippen LogP) is 18.6. The summed E-state index contributed by atoms with van der Waals surface area (Å²) in [6, 6.07) is 82.9. The monoisotopic (exact) mass is 1360 g/mol. The van der Waals surface area contributed by atoms with Gasteiger partial charge < -0.3 is 42.4 Å². The maximum absolute atomic E-state index is 14.2. The number of hydrogen-bond donors (Lipinski definition) is 0. The van der Waals surface area contributed by atoms with Crippen LogP contribution >= 0.6 is 0 Å². The minimum absolute atomic E-state index is 0. The van der Waals surface area contributed by atoms with E-state index in [0.29, 0.717) is 33.8 Å². The van der Waals surface area contributed by atoms with Crippen LogP contribution in [0.2, 0.25) is 0 Å². The van der Waals surface area contributed by atoms with Crippen molar-refractivity contribution in [2.75, 3.05) is 0 Å². The molecular formula is C78H42IrN3O9. The van der Waals surface area contributed by atoms with Gasteiger partial charge in [-0.15, -0.1) is 89.5 Å². The topological polar surface area (TPSA) is 157 Å². The zero-order chi connectivity index (χ0) is 60.2. The van der Waals surface area contributed by atoms with Crippen molar-refractivity contribution in [2.45, 2.75) is 0 Å². The zero-order valence-electron chi connectivity index (χ0n) is 47.6. The molecule has 0 aliphatic rings. The molecule has 16 aromatic rings. The van der Waals surface area contributed by atoms with Gasteiger partial charge in [0.1, 0.15) is 50.7 Å². The Bertz CT molecular complexity index is 4980. The van der Waals surface area contributed by atoms with Gasteiger partial charge in [0.2, 0.25) is 0 Å². The largest absolute Gasteiger partial charge is 3.00 e. The number of carbonyl (C=O) groups excluding carboxylic acids is 3. The Balaban J connectivity index is 0.00000689. The fraction of sp³-hybridized carbons (Fsp3) is 0. The molecule has 0 atom stereocenters. The molecule has 12 nitrogen and oxygen atoms in total. The number of benzene rings is 10. The van der Waals surface area contributed by atoms with Crippen molar-refractivity contribution in [1.29, 1.82) is 0 Å². The Labute approximate surface area is 531 Å². The molecule has 91 heavy (non-hydrogen) atoms. The van der Waals surface area contributed by atoms with Crippen molar-refractivity contribution in [3.8, 4) is 84.4 Å². The van der Waals surface area contributed by atoms with Gasteiger partial charge in [-0.1, -0.05) is 144 Å². The first-order valence-corrected chi connectivity index (χ1v) is 28.8. The second-order valence-corrected chi connectivity index (χ2v) is 21.4. The molecule has 432 valence electrons. The van der Waals surface area contributed by atoms with Crippen LogP contribution in [0.15, 0.2) is 268 Å². The quantitative estimate of drug-likeness (QED) is 0.0844. The van der Waals surface area contributed by atoms with Crippen molar-refractivity contribution in [2.24, 2.45) is 0 Å². The van der Waals surface area contributed by atoms with Crippen LogP contribution < -0.4 is 14.2 Å². The summed E-state index contributed by atoms with van der Waals surface area (Å²) >= 11 is 0. The Hall–Kier alpha value is -11.9. The van der Waals surface area contributed by atoms with Gasteiger partial charge in [0.25, 0.3) is 0 Å². The Kier molecular flexibility index (Phi) is 14.3. The number of nitrogens with zero attached hydrogens (tertiary/aromatic N) is 3. The summed E-state index contributed by atoms with van der Waals surface area (Å²) in [5.74, 6) is -2.35. The molecule has 0 bridgehead atoms. The molecule has 0 amide bonds. The SMILES string of the molecule is O=C(Oc1ccc(-c2[c-]ccc(-c3cccc4c3oc3ccccc34)c2)nc1)c1cc(C(=O)Oc2ccc(-c3[c-]ccc(-c4cccc5c4oc4ccccc45)c3)nc2)cc(C(=O)Oc2ccc(-c3[c-]ccc(-c4cccc5c4oc4ccccc45)c3)nc2)c1.[Ir+3]. The van der Waals surface area contributed by atoms with Gasteiger partial charge in [0, 0.05) is 49.0 Å². The first kappa shape index (κ1) is 55.7. The molecule has 13 heteroatoms. The van der Waals surface area contributed by atoms with Gasteiger partial charge in [0.05, 0.1) is 35.3 Å². The van der Waals surface area contributed by atoms with Crippen LogP contribution in [0.25, 0.3) is 133 Å². The minimum atomic E-state index is -0.886. The molecule has 0 fully saturated rings. The second kappa shape index (κ2) is 23.3. The molecule has 0 aliphatic heterocycles. The molecule has 6 aromatic heterocycles.